The molecule has 0 aliphatic heterocycles. The van der Waals surface area contributed by atoms with Gasteiger partial charge in [0.25, 0.3) is 11.8 Å². The van der Waals surface area contributed by atoms with Crippen molar-refractivity contribution < 1.29 is 19.1 Å². The molecule has 0 aliphatic rings. The van der Waals surface area contributed by atoms with E-state index in [1.165, 1.54) is 12.0 Å². The van der Waals surface area contributed by atoms with Gasteiger partial charge in [0.1, 0.15) is 16.7 Å². The van der Waals surface area contributed by atoms with Crippen LogP contribution in [-0.2, 0) is 4.79 Å². The molecule has 0 saturated carbocycles. The molecule has 2 aromatic rings. The van der Waals surface area contributed by atoms with Crippen molar-refractivity contribution in [3.8, 4) is 5.75 Å². The lowest BCUT2D eigenvalue weighted by molar-refractivity contribution is -0.123. The number of carbonyl (C=O) groups is 3. The minimum atomic E-state index is -0.906. The Morgan fingerprint density at radius 3 is 2.38 bits per heavy atom. The Labute approximate surface area is 173 Å². The molecule has 0 radical (unpaired) electrons. The van der Waals surface area contributed by atoms with E-state index in [1.54, 1.807) is 31.2 Å². The van der Waals surface area contributed by atoms with E-state index >= 15 is 0 Å². The first-order valence-corrected chi connectivity index (χ1v) is 9.58. The van der Waals surface area contributed by atoms with Crippen molar-refractivity contribution in [2.75, 3.05) is 17.7 Å². The zero-order valence-corrected chi connectivity index (χ0v) is 17.8. The van der Waals surface area contributed by atoms with Crippen LogP contribution in [0.3, 0.4) is 0 Å². The van der Waals surface area contributed by atoms with Crippen LogP contribution in [0.1, 0.15) is 47.9 Å². The van der Waals surface area contributed by atoms with Gasteiger partial charge in [-0.1, -0.05) is 12.1 Å². The second-order valence-corrected chi connectivity index (χ2v) is 8.17. The Morgan fingerprint density at radius 2 is 1.86 bits per heavy atom. The van der Waals surface area contributed by atoms with Crippen molar-refractivity contribution in [3.63, 3.8) is 0 Å². The van der Waals surface area contributed by atoms with Crippen molar-refractivity contribution in [1.29, 1.82) is 0 Å². The smallest absolute Gasteiger partial charge is 0.272 e. The number of primary amides is 1. The fourth-order valence-corrected chi connectivity index (χ4v) is 3.39. The summed E-state index contributed by atoms with van der Waals surface area (Å²) in [6, 6.07) is 5.89. The molecule has 0 bridgehead atoms. The van der Waals surface area contributed by atoms with Gasteiger partial charge in [-0.2, -0.15) is 4.37 Å². The first kappa shape index (κ1) is 22.2. The average Bonchev–Trinajstić information content (AvgIpc) is 3.02. The molecular weight excluding hydrogens is 394 g/mol. The van der Waals surface area contributed by atoms with Gasteiger partial charge in [0.15, 0.2) is 5.69 Å². The van der Waals surface area contributed by atoms with Crippen molar-refractivity contribution in [2.45, 2.75) is 39.3 Å². The number of hydrogen-bond acceptors (Lipinski definition) is 7. The van der Waals surface area contributed by atoms with Crippen LogP contribution in [0.25, 0.3) is 0 Å². The Bertz CT molecular complexity index is 935. The molecule has 0 unspecified atom stereocenters. The molecular formula is C19H25N5O4S. The number of carbonyl (C=O) groups excluding carboxylic acids is 3. The predicted octanol–water partition coefficient (Wildman–Crippen LogP) is 1.78. The van der Waals surface area contributed by atoms with Crippen LogP contribution in [0.2, 0.25) is 0 Å². The molecule has 0 spiro atoms. The van der Waals surface area contributed by atoms with Crippen LogP contribution in [0.5, 0.6) is 5.75 Å². The summed E-state index contributed by atoms with van der Waals surface area (Å²) in [4.78, 5) is 39.0. The fourth-order valence-electron chi connectivity index (χ4n) is 2.65. The summed E-state index contributed by atoms with van der Waals surface area (Å²) in [5.74, 6) is -1.39. The van der Waals surface area contributed by atoms with Gasteiger partial charge < -0.3 is 21.5 Å². The minimum absolute atomic E-state index is 0.0140. The molecule has 1 atom stereocenters. The van der Waals surface area contributed by atoms with Gasteiger partial charge in [-0.3, -0.25) is 19.3 Å². The van der Waals surface area contributed by atoms with E-state index in [0.29, 0.717) is 11.4 Å². The van der Waals surface area contributed by atoms with Gasteiger partial charge in [0.2, 0.25) is 5.91 Å². The molecule has 0 fully saturated rings. The van der Waals surface area contributed by atoms with Crippen LogP contribution in [0.15, 0.2) is 24.3 Å². The quantitative estimate of drug-likeness (QED) is 0.652. The first-order chi connectivity index (χ1) is 13.5. The number of rotatable bonds is 6. The number of benzene rings is 1. The average molecular weight is 420 g/mol. The van der Waals surface area contributed by atoms with E-state index in [-0.39, 0.29) is 22.2 Å². The predicted molar refractivity (Wildman–Crippen MR) is 112 cm³/mol. The number of anilines is 2. The van der Waals surface area contributed by atoms with E-state index in [0.717, 1.165) is 11.5 Å². The highest BCUT2D eigenvalue weighted by atomic mass is 32.1. The van der Waals surface area contributed by atoms with Gasteiger partial charge in [-0.05, 0) is 51.4 Å². The zero-order valence-electron chi connectivity index (χ0n) is 17.0. The number of nitrogens with two attached hydrogens (primary N) is 2. The summed E-state index contributed by atoms with van der Waals surface area (Å²) >= 11 is 0.752. The SMILES string of the molecule is COc1ccccc1N(C(=O)c1snc(C(N)=O)c1N)[C@H](C)C(=O)NC(C)(C)C. The van der Waals surface area contributed by atoms with Gasteiger partial charge in [-0.15, -0.1) is 0 Å². The largest absolute Gasteiger partial charge is 0.495 e. The molecule has 1 heterocycles. The fraction of sp³-hybridized carbons (Fsp3) is 0.368. The maximum Gasteiger partial charge on any atom is 0.272 e. The van der Waals surface area contributed by atoms with Gasteiger partial charge in [-0.25, -0.2) is 0 Å². The summed E-state index contributed by atoms with van der Waals surface area (Å²) in [7, 11) is 1.47. The molecule has 0 aliphatic carbocycles. The number of nitrogen functional groups attached to an aromatic ring is 1. The number of aromatic nitrogens is 1. The Morgan fingerprint density at radius 1 is 1.24 bits per heavy atom. The normalized spacial score (nSPS) is 12.2. The van der Waals surface area contributed by atoms with Crippen molar-refractivity contribution in [1.82, 2.24) is 9.69 Å². The second kappa shape index (κ2) is 8.48. The number of para-hydroxylation sites is 2. The molecule has 9 nitrogen and oxygen atoms in total. The lowest BCUT2D eigenvalue weighted by Gasteiger charge is -2.31. The molecule has 3 amide bonds. The number of nitrogens with zero attached hydrogens (tertiary/aromatic N) is 2. The van der Waals surface area contributed by atoms with Crippen molar-refractivity contribution >= 4 is 40.6 Å². The van der Waals surface area contributed by atoms with Crippen LogP contribution in [0.4, 0.5) is 11.4 Å². The van der Waals surface area contributed by atoms with E-state index < -0.39 is 23.4 Å². The topological polar surface area (TPSA) is 141 Å². The molecule has 29 heavy (non-hydrogen) atoms. The molecule has 1 aromatic heterocycles. The molecule has 156 valence electrons. The van der Waals surface area contributed by atoms with E-state index in [9.17, 15) is 14.4 Å². The Balaban J connectivity index is 2.57. The summed E-state index contributed by atoms with van der Waals surface area (Å²) in [6.07, 6.45) is 0. The summed E-state index contributed by atoms with van der Waals surface area (Å²) in [5, 5.41) is 2.86. The van der Waals surface area contributed by atoms with Gasteiger partial charge in [0, 0.05) is 5.54 Å². The standard InChI is InChI=1S/C19H25N5O4S/c1-10(17(26)22-19(2,3)4)24(11-8-6-7-9-12(11)28-5)18(27)15-13(20)14(16(21)25)23-29-15/h6-10H,20H2,1-5H3,(H2,21,25)(H,22,26)/t10-/m1/s1. The third-order valence-electron chi connectivity index (χ3n) is 3.98. The molecule has 2 rings (SSSR count). The van der Waals surface area contributed by atoms with E-state index in [4.69, 9.17) is 16.2 Å². The van der Waals surface area contributed by atoms with Crippen LogP contribution in [0, 0.1) is 0 Å². The highest BCUT2D eigenvalue weighted by Crippen LogP contribution is 2.33. The van der Waals surface area contributed by atoms with Gasteiger partial charge in [0.05, 0.1) is 18.5 Å². The third kappa shape index (κ3) is 4.83. The summed E-state index contributed by atoms with van der Waals surface area (Å²) in [5.41, 5.74) is 10.8. The maximum absolute atomic E-state index is 13.4. The third-order valence-corrected chi connectivity index (χ3v) is 4.84. The van der Waals surface area contributed by atoms with Crippen LogP contribution < -0.4 is 26.4 Å². The van der Waals surface area contributed by atoms with Crippen molar-refractivity contribution in [2.24, 2.45) is 5.73 Å². The highest BCUT2D eigenvalue weighted by Gasteiger charge is 2.34. The number of methoxy groups -OCH3 is 1. The van der Waals surface area contributed by atoms with E-state index in [1.807, 2.05) is 20.8 Å². The minimum Gasteiger partial charge on any atom is -0.495 e. The number of nitrogens with one attached hydrogen (secondary N) is 1. The maximum atomic E-state index is 13.4. The molecule has 0 saturated heterocycles. The van der Waals surface area contributed by atoms with E-state index in [2.05, 4.69) is 9.69 Å². The Hall–Kier alpha value is -3.14. The van der Waals surface area contributed by atoms with Crippen molar-refractivity contribution in [3.05, 3.63) is 34.8 Å². The second-order valence-electron chi connectivity index (χ2n) is 7.40. The lowest BCUT2D eigenvalue weighted by Crippen LogP contribution is -2.53. The molecule has 1 aromatic carbocycles. The number of amides is 3. The summed E-state index contributed by atoms with van der Waals surface area (Å²) in [6.45, 7) is 7.12. The molecule has 5 N–H and O–H groups in total. The molecule has 10 heteroatoms. The zero-order chi connectivity index (χ0) is 21.9. The summed E-state index contributed by atoms with van der Waals surface area (Å²) < 4.78 is 9.26. The van der Waals surface area contributed by atoms with Crippen LogP contribution >= 0.6 is 11.5 Å². The van der Waals surface area contributed by atoms with Crippen LogP contribution in [-0.4, -0.2) is 40.8 Å². The lowest BCUT2D eigenvalue weighted by atomic mass is 10.1. The van der Waals surface area contributed by atoms with Gasteiger partial charge >= 0.3 is 0 Å². The highest BCUT2D eigenvalue weighted by molar-refractivity contribution is 7.09. The number of ether oxygens (including phenoxy) is 1. The first-order valence-electron chi connectivity index (χ1n) is 8.81. The Kier molecular flexibility index (Phi) is 6.48. The number of hydrogen-bond donors (Lipinski definition) is 3. The monoisotopic (exact) mass is 419 g/mol.